The Morgan fingerprint density at radius 3 is 2.18 bits per heavy atom. The highest BCUT2D eigenvalue weighted by Gasteiger charge is 2.46. The third-order valence-corrected chi connectivity index (χ3v) is 4.86. The molecule has 0 spiro atoms. The van der Waals surface area contributed by atoms with Crippen molar-refractivity contribution in [2.75, 3.05) is 0 Å². The molecule has 0 aliphatic heterocycles. The fourth-order valence-electron chi connectivity index (χ4n) is 3.59. The molecule has 0 heterocycles. The van der Waals surface area contributed by atoms with Crippen LogP contribution in [0.1, 0.15) is 46.6 Å². The molecule has 0 heteroatoms. The first-order chi connectivity index (χ1) is 7.88. The summed E-state index contributed by atoms with van der Waals surface area (Å²) < 4.78 is 0. The summed E-state index contributed by atoms with van der Waals surface area (Å²) in [5.74, 6) is 0.696. The van der Waals surface area contributed by atoms with E-state index in [1.165, 1.54) is 17.6 Å². The highest BCUT2D eigenvalue weighted by atomic mass is 14.5. The second-order valence-electron chi connectivity index (χ2n) is 6.41. The third-order valence-electron chi connectivity index (χ3n) is 4.86. The van der Waals surface area contributed by atoms with Gasteiger partial charge in [-0.25, -0.2) is 0 Å². The first kappa shape index (κ1) is 12.4. The Morgan fingerprint density at radius 1 is 1.06 bits per heavy atom. The molecule has 92 valence electrons. The smallest absolute Gasteiger partial charge is 0.0182 e. The second kappa shape index (κ2) is 4.01. The van der Waals surface area contributed by atoms with Gasteiger partial charge in [0.1, 0.15) is 0 Å². The van der Waals surface area contributed by atoms with Crippen molar-refractivity contribution in [2.24, 2.45) is 11.3 Å². The fraction of sp³-hybridized carbons (Fsp3) is 0.529. The van der Waals surface area contributed by atoms with Gasteiger partial charge in [0.2, 0.25) is 0 Å². The molecular formula is C17H24. The van der Waals surface area contributed by atoms with E-state index in [1.54, 1.807) is 0 Å². The number of rotatable bonds is 1. The maximum atomic E-state index is 2.46. The summed E-state index contributed by atoms with van der Waals surface area (Å²) in [4.78, 5) is 0. The summed E-state index contributed by atoms with van der Waals surface area (Å²) in [6, 6.07) is 11.0. The lowest BCUT2D eigenvalue weighted by molar-refractivity contribution is 0.161. The van der Waals surface area contributed by atoms with Gasteiger partial charge in [0.05, 0.1) is 0 Å². The van der Waals surface area contributed by atoms with E-state index < -0.39 is 0 Å². The maximum absolute atomic E-state index is 2.46. The molecule has 0 saturated heterocycles. The van der Waals surface area contributed by atoms with Crippen molar-refractivity contribution < 1.29 is 0 Å². The Bertz CT molecular complexity index is 425. The molecule has 0 saturated carbocycles. The van der Waals surface area contributed by atoms with Crippen molar-refractivity contribution in [1.29, 1.82) is 0 Å². The van der Waals surface area contributed by atoms with Crippen molar-refractivity contribution in [2.45, 2.75) is 46.5 Å². The lowest BCUT2D eigenvalue weighted by Gasteiger charge is -2.50. The molecule has 0 aromatic heterocycles. The maximum Gasteiger partial charge on any atom is 0.0182 e. The van der Waals surface area contributed by atoms with Crippen molar-refractivity contribution in [1.82, 2.24) is 0 Å². The topological polar surface area (TPSA) is 0 Å². The van der Waals surface area contributed by atoms with Crippen LogP contribution in [0, 0.1) is 11.3 Å². The molecule has 0 radical (unpaired) electrons. The molecule has 2 rings (SSSR count). The van der Waals surface area contributed by atoms with Crippen molar-refractivity contribution in [3.05, 3.63) is 47.5 Å². The molecule has 1 aromatic rings. The summed E-state index contributed by atoms with van der Waals surface area (Å²) in [6.45, 7) is 11.8. The summed E-state index contributed by atoms with van der Waals surface area (Å²) in [5, 5.41) is 0. The molecule has 1 aliphatic carbocycles. The van der Waals surface area contributed by atoms with Crippen LogP contribution in [0.25, 0.3) is 0 Å². The van der Waals surface area contributed by atoms with Crippen LogP contribution < -0.4 is 0 Å². The van der Waals surface area contributed by atoms with E-state index in [9.17, 15) is 0 Å². The van der Waals surface area contributed by atoms with E-state index in [0.29, 0.717) is 11.3 Å². The van der Waals surface area contributed by atoms with E-state index in [1.807, 2.05) is 0 Å². The van der Waals surface area contributed by atoms with Gasteiger partial charge >= 0.3 is 0 Å². The molecule has 0 bridgehead atoms. The van der Waals surface area contributed by atoms with Gasteiger partial charge in [-0.1, -0.05) is 69.7 Å². The third kappa shape index (κ3) is 1.84. The van der Waals surface area contributed by atoms with Gasteiger partial charge in [0, 0.05) is 5.41 Å². The van der Waals surface area contributed by atoms with Crippen molar-refractivity contribution >= 4 is 0 Å². The number of hydrogen-bond acceptors (Lipinski definition) is 0. The summed E-state index contributed by atoms with van der Waals surface area (Å²) in [7, 11) is 0. The van der Waals surface area contributed by atoms with Crippen LogP contribution in [0.4, 0.5) is 0 Å². The van der Waals surface area contributed by atoms with Gasteiger partial charge in [-0.2, -0.15) is 0 Å². The molecule has 1 aliphatic rings. The minimum atomic E-state index is 0.167. The minimum absolute atomic E-state index is 0.167. The predicted octanol–water partition coefficient (Wildman–Crippen LogP) is 4.96. The van der Waals surface area contributed by atoms with E-state index >= 15 is 0 Å². The number of benzene rings is 1. The van der Waals surface area contributed by atoms with Gasteiger partial charge in [-0.05, 0) is 30.2 Å². The molecule has 0 amide bonds. The van der Waals surface area contributed by atoms with Gasteiger partial charge in [-0.3, -0.25) is 0 Å². The van der Waals surface area contributed by atoms with E-state index in [-0.39, 0.29) is 5.41 Å². The standard InChI is InChI=1S/C17H24/c1-13-11-14(2)17(5,16(3,4)12-13)15-9-7-6-8-10-15/h6-11,13H,12H2,1-5H3/t13-,17+/m1/s1. The minimum Gasteiger partial charge on any atom is -0.0818 e. The first-order valence-corrected chi connectivity index (χ1v) is 6.62. The monoisotopic (exact) mass is 228 g/mol. The molecule has 17 heavy (non-hydrogen) atoms. The van der Waals surface area contributed by atoms with Gasteiger partial charge in [-0.15, -0.1) is 0 Å². The Morgan fingerprint density at radius 2 is 1.65 bits per heavy atom. The first-order valence-electron chi connectivity index (χ1n) is 6.62. The lowest BCUT2D eigenvalue weighted by Crippen LogP contribution is -2.44. The number of hydrogen-bond donors (Lipinski definition) is 0. The van der Waals surface area contributed by atoms with E-state index in [2.05, 4.69) is 71.0 Å². The summed E-state index contributed by atoms with van der Waals surface area (Å²) in [6.07, 6.45) is 3.72. The Hall–Kier alpha value is -1.04. The van der Waals surface area contributed by atoms with Crippen LogP contribution in [0.2, 0.25) is 0 Å². The van der Waals surface area contributed by atoms with Crippen LogP contribution >= 0.6 is 0 Å². The zero-order valence-electron chi connectivity index (χ0n) is 11.7. The van der Waals surface area contributed by atoms with Crippen molar-refractivity contribution in [3.8, 4) is 0 Å². The van der Waals surface area contributed by atoms with E-state index in [4.69, 9.17) is 0 Å². The van der Waals surface area contributed by atoms with Crippen LogP contribution in [0.5, 0.6) is 0 Å². The van der Waals surface area contributed by atoms with Gasteiger partial charge < -0.3 is 0 Å². The van der Waals surface area contributed by atoms with Crippen LogP contribution in [-0.4, -0.2) is 0 Å². The van der Waals surface area contributed by atoms with Gasteiger partial charge in [0.15, 0.2) is 0 Å². The SMILES string of the molecule is CC1=C[C@@H](C)CC(C)(C)[C@]1(C)c1ccccc1. The van der Waals surface area contributed by atoms with Crippen LogP contribution in [0.3, 0.4) is 0 Å². The predicted molar refractivity (Wildman–Crippen MR) is 75.1 cm³/mol. The van der Waals surface area contributed by atoms with Gasteiger partial charge in [0.25, 0.3) is 0 Å². The van der Waals surface area contributed by atoms with Crippen molar-refractivity contribution in [3.63, 3.8) is 0 Å². The Labute approximate surface area is 106 Å². The average Bonchev–Trinajstić information content (AvgIpc) is 2.26. The molecule has 0 nitrogen and oxygen atoms in total. The van der Waals surface area contributed by atoms with Crippen LogP contribution in [-0.2, 0) is 5.41 Å². The Kier molecular flexibility index (Phi) is 2.93. The normalized spacial score (nSPS) is 32.1. The quantitative estimate of drug-likeness (QED) is 0.596. The molecule has 2 atom stereocenters. The molecule has 1 aromatic carbocycles. The van der Waals surface area contributed by atoms with E-state index in [0.717, 1.165) is 0 Å². The largest absolute Gasteiger partial charge is 0.0818 e. The number of allylic oxidation sites excluding steroid dienone is 2. The molecule has 0 unspecified atom stereocenters. The highest BCUT2D eigenvalue weighted by Crippen LogP contribution is 2.53. The Balaban J connectivity index is 2.58. The molecule has 0 N–H and O–H groups in total. The zero-order chi connectivity index (χ0) is 12.7. The highest BCUT2D eigenvalue weighted by molar-refractivity contribution is 5.39. The fourth-order valence-corrected chi connectivity index (χ4v) is 3.59. The zero-order valence-corrected chi connectivity index (χ0v) is 11.7. The summed E-state index contributed by atoms with van der Waals surface area (Å²) >= 11 is 0. The second-order valence-corrected chi connectivity index (χ2v) is 6.41. The van der Waals surface area contributed by atoms with Crippen LogP contribution in [0.15, 0.2) is 42.0 Å². The lowest BCUT2D eigenvalue weighted by atomic mass is 9.54. The summed E-state index contributed by atoms with van der Waals surface area (Å²) in [5.41, 5.74) is 3.45. The average molecular weight is 228 g/mol. The molecular weight excluding hydrogens is 204 g/mol. The molecule has 0 fully saturated rings.